The number of amides is 1. The normalized spacial score (nSPS) is 10.2. The number of carbonyl (C=O) groups is 1. The van der Waals surface area contributed by atoms with E-state index in [1.54, 1.807) is 12.1 Å². The molecule has 0 aliphatic rings. The van der Waals surface area contributed by atoms with Crippen molar-refractivity contribution in [3.8, 4) is 0 Å². The topological polar surface area (TPSA) is 38.3 Å². The second kappa shape index (κ2) is 7.41. The molecule has 0 atom stereocenters. The fraction of sp³-hybridized carbons (Fsp3) is 0.308. The van der Waals surface area contributed by atoms with Gasteiger partial charge in [0, 0.05) is 11.6 Å². The minimum absolute atomic E-state index is 0.263. The van der Waals surface area contributed by atoms with E-state index < -0.39 is 0 Å². The molecule has 1 N–H and O–H groups in total. The van der Waals surface area contributed by atoms with Gasteiger partial charge in [-0.1, -0.05) is 35.4 Å². The summed E-state index contributed by atoms with van der Waals surface area (Å²) in [6, 6.07) is 4.76. The van der Waals surface area contributed by atoms with Gasteiger partial charge in [0.25, 0.3) is 5.91 Å². The molecular formula is C13H15Cl2NO2. The van der Waals surface area contributed by atoms with E-state index in [0.29, 0.717) is 35.4 Å². The molecule has 0 aromatic heterocycles. The average Bonchev–Trinajstić information content (AvgIpc) is 2.31. The lowest BCUT2D eigenvalue weighted by atomic mass is 10.2. The summed E-state index contributed by atoms with van der Waals surface area (Å²) in [5.41, 5.74) is 1.31. The van der Waals surface area contributed by atoms with Gasteiger partial charge in [-0.2, -0.15) is 0 Å². The summed E-state index contributed by atoms with van der Waals surface area (Å²) in [6.45, 7) is 6.92. The van der Waals surface area contributed by atoms with E-state index in [1.165, 1.54) is 6.07 Å². The van der Waals surface area contributed by atoms with Crippen molar-refractivity contribution in [3.63, 3.8) is 0 Å². The van der Waals surface area contributed by atoms with Gasteiger partial charge in [-0.05, 0) is 25.1 Å². The summed E-state index contributed by atoms with van der Waals surface area (Å²) < 4.78 is 5.26. The molecule has 1 rings (SSSR count). The Morgan fingerprint density at radius 3 is 2.83 bits per heavy atom. The second-order valence-corrected chi connectivity index (χ2v) is 4.73. The number of carbonyl (C=O) groups excluding carboxylic acids is 1. The maximum atomic E-state index is 11.8. The van der Waals surface area contributed by atoms with Crippen molar-refractivity contribution in [1.29, 1.82) is 0 Å². The van der Waals surface area contributed by atoms with Crippen molar-refractivity contribution in [2.24, 2.45) is 0 Å². The molecule has 0 heterocycles. The van der Waals surface area contributed by atoms with Crippen LogP contribution in [0.15, 0.2) is 30.4 Å². The lowest BCUT2D eigenvalue weighted by molar-refractivity contribution is 0.0927. The highest BCUT2D eigenvalue weighted by Gasteiger charge is 2.10. The van der Waals surface area contributed by atoms with E-state index in [-0.39, 0.29) is 5.91 Å². The van der Waals surface area contributed by atoms with Crippen molar-refractivity contribution >= 4 is 29.1 Å². The van der Waals surface area contributed by atoms with Crippen LogP contribution in [0, 0.1) is 0 Å². The molecule has 1 amide bonds. The first kappa shape index (κ1) is 15.0. The van der Waals surface area contributed by atoms with E-state index in [0.717, 1.165) is 5.57 Å². The maximum absolute atomic E-state index is 11.8. The van der Waals surface area contributed by atoms with Gasteiger partial charge in [0.2, 0.25) is 0 Å². The van der Waals surface area contributed by atoms with E-state index in [2.05, 4.69) is 11.9 Å². The fourth-order valence-corrected chi connectivity index (χ4v) is 1.63. The van der Waals surface area contributed by atoms with Crippen LogP contribution in [0.4, 0.5) is 0 Å². The van der Waals surface area contributed by atoms with E-state index in [1.807, 2.05) is 6.92 Å². The third kappa shape index (κ3) is 5.08. The van der Waals surface area contributed by atoms with Crippen molar-refractivity contribution in [2.75, 3.05) is 19.8 Å². The lowest BCUT2D eigenvalue weighted by Gasteiger charge is -2.07. The number of rotatable bonds is 6. The summed E-state index contributed by atoms with van der Waals surface area (Å²) in [5.74, 6) is -0.263. The van der Waals surface area contributed by atoms with Crippen LogP contribution in [0.2, 0.25) is 10.0 Å². The fourth-order valence-electron chi connectivity index (χ4n) is 1.25. The van der Waals surface area contributed by atoms with E-state index in [4.69, 9.17) is 27.9 Å². The van der Waals surface area contributed by atoms with Crippen LogP contribution in [-0.4, -0.2) is 25.7 Å². The highest BCUT2D eigenvalue weighted by molar-refractivity contribution is 6.35. The molecule has 18 heavy (non-hydrogen) atoms. The van der Waals surface area contributed by atoms with Crippen LogP contribution in [0.1, 0.15) is 17.3 Å². The molecule has 0 unspecified atom stereocenters. The standard InChI is InChI=1S/C13H15Cl2NO2/c1-9(2)8-18-6-5-16-13(17)11-7-10(14)3-4-12(11)15/h3-4,7H,1,5-6,8H2,2H3,(H,16,17). The second-order valence-electron chi connectivity index (χ2n) is 3.89. The van der Waals surface area contributed by atoms with Crippen LogP contribution in [0.3, 0.4) is 0 Å². The summed E-state index contributed by atoms with van der Waals surface area (Å²) >= 11 is 11.7. The van der Waals surface area contributed by atoms with Gasteiger partial charge in [-0.15, -0.1) is 0 Å². The first-order chi connectivity index (χ1) is 8.50. The molecule has 3 nitrogen and oxygen atoms in total. The SMILES string of the molecule is C=C(C)COCCNC(=O)c1cc(Cl)ccc1Cl. The molecule has 0 aliphatic carbocycles. The van der Waals surface area contributed by atoms with Crippen LogP contribution >= 0.6 is 23.2 Å². The molecule has 0 saturated heterocycles. The Kier molecular flexibility index (Phi) is 6.19. The Balaban J connectivity index is 2.41. The first-order valence-electron chi connectivity index (χ1n) is 5.46. The van der Waals surface area contributed by atoms with Crippen LogP contribution in [0.5, 0.6) is 0 Å². The van der Waals surface area contributed by atoms with E-state index in [9.17, 15) is 4.79 Å². The zero-order valence-electron chi connectivity index (χ0n) is 10.1. The van der Waals surface area contributed by atoms with Crippen molar-refractivity contribution in [2.45, 2.75) is 6.92 Å². The van der Waals surface area contributed by atoms with Crippen molar-refractivity contribution in [3.05, 3.63) is 46.0 Å². The third-order valence-electron chi connectivity index (χ3n) is 2.05. The van der Waals surface area contributed by atoms with Gasteiger partial charge < -0.3 is 10.1 Å². The van der Waals surface area contributed by atoms with Gasteiger partial charge in [-0.3, -0.25) is 4.79 Å². The number of hydrogen-bond donors (Lipinski definition) is 1. The molecule has 1 aromatic rings. The van der Waals surface area contributed by atoms with E-state index >= 15 is 0 Å². The van der Waals surface area contributed by atoms with Crippen molar-refractivity contribution < 1.29 is 9.53 Å². The minimum Gasteiger partial charge on any atom is -0.375 e. The largest absolute Gasteiger partial charge is 0.375 e. The van der Waals surface area contributed by atoms with Gasteiger partial charge >= 0.3 is 0 Å². The minimum atomic E-state index is -0.263. The number of ether oxygens (including phenoxy) is 1. The average molecular weight is 288 g/mol. The zero-order chi connectivity index (χ0) is 13.5. The molecular weight excluding hydrogens is 273 g/mol. The molecule has 0 bridgehead atoms. The van der Waals surface area contributed by atoms with Gasteiger partial charge in [0.15, 0.2) is 0 Å². The quantitative estimate of drug-likeness (QED) is 0.644. The molecule has 0 radical (unpaired) electrons. The Morgan fingerprint density at radius 2 is 2.17 bits per heavy atom. The highest BCUT2D eigenvalue weighted by Crippen LogP contribution is 2.20. The van der Waals surface area contributed by atoms with Crippen LogP contribution < -0.4 is 5.32 Å². The van der Waals surface area contributed by atoms with Crippen LogP contribution in [0.25, 0.3) is 0 Å². The lowest BCUT2D eigenvalue weighted by Crippen LogP contribution is -2.27. The molecule has 1 aromatic carbocycles. The zero-order valence-corrected chi connectivity index (χ0v) is 11.6. The summed E-state index contributed by atoms with van der Waals surface area (Å²) in [5, 5.41) is 3.55. The highest BCUT2D eigenvalue weighted by atomic mass is 35.5. The molecule has 5 heteroatoms. The predicted molar refractivity (Wildman–Crippen MR) is 74.4 cm³/mol. The molecule has 98 valence electrons. The molecule has 0 aliphatic heterocycles. The summed E-state index contributed by atoms with van der Waals surface area (Å²) in [4.78, 5) is 11.8. The summed E-state index contributed by atoms with van der Waals surface area (Å²) in [7, 11) is 0. The van der Waals surface area contributed by atoms with Crippen LogP contribution in [-0.2, 0) is 4.74 Å². The van der Waals surface area contributed by atoms with Crippen molar-refractivity contribution in [1.82, 2.24) is 5.32 Å². The number of halogens is 2. The number of nitrogens with one attached hydrogen (secondary N) is 1. The third-order valence-corrected chi connectivity index (χ3v) is 2.62. The first-order valence-corrected chi connectivity index (χ1v) is 6.21. The summed E-state index contributed by atoms with van der Waals surface area (Å²) in [6.07, 6.45) is 0. The van der Waals surface area contributed by atoms with Gasteiger partial charge in [0.1, 0.15) is 0 Å². The van der Waals surface area contributed by atoms with Gasteiger partial charge in [0.05, 0.1) is 23.8 Å². The Morgan fingerprint density at radius 1 is 1.44 bits per heavy atom. The van der Waals surface area contributed by atoms with Gasteiger partial charge in [-0.25, -0.2) is 0 Å². The number of benzene rings is 1. The molecule has 0 saturated carbocycles. The predicted octanol–water partition coefficient (Wildman–Crippen LogP) is 3.32. The maximum Gasteiger partial charge on any atom is 0.252 e. The Hall–Kier alpha value is -1.03. The Labute approximate surface area is 117 Å². The monoisotopic (exact) mass is 287 g/mol. The number of hydrogen-bond acceptors (Lipinski definition) is 2. The smallest absolute Gasteiger partial charge is 0.252 e. The molecule has 0 fully saturated rings. The Bertz CT molecular complexity index is 447. The molecule has 0 spiro atoms.